The van der Waals surface area contributed by atoms with E-state index in [-0.39, 0.29) is 18.2 Å². The smallest absolute Gasteiger partial charge is 0.151 e. The highest BCUT2D eigenvalue weighted by Crippen LogP contribution is 2.22. The average molecular weight is 298 g/mol. The number of hydrogen-bond donors (Lipinski definition) is 1. The van der Waals surface area contributed by atoms with Crippen LogP contribution in [0.4, 0.5) is 4.39 Å². The maximum atomic E-state index is 13.6. The van der Waals surface area contributed by atoms with Crippen LogP contribution in [0.15, 0.2) is 34.9 Å². The lowest BCUT2D eigenvalue weighted by molar-refractivity contribution is 0.207. The molecule has 0 radical (unpaired) electrons. The molecular weight excluding hydrogens is 281 g/mol. The molecular formula is C14H17ClFN3O. The summed E-state index contributed by atoms with van der Waals surface area (Å²) in [4.78, 5) is 2.29. The molecule has 1 aliphatic heterocycles. The van der Waals surface area contributed by atoms with Gasteiger partial charge in [-0.05, 0) is 12.1 Å². The number of benzene rings is 1. The molecule has 0 unspecified atom stereocenters. The van der Waals surface area contributed by atoms with E-state index in [9.17, 15) is 4.39 Å². The lowest BCUT2D eigenvalue weighted by atomic mass is 10.1. The van der Waals surface area contributed by atoms with Crippen molar-refractivity contribution in [2.24, 2.45) is 0 Å². The van der Waals surface area contributed by atoms with E-state index in [4.69, 9.17) is 4.52 Å². The van der Waals surface area contributed by atoms with E-state index in [1.807, 2.05) is 6.07 Å². The quantitative estimate of drug-likeness (QED) is 0.944. The van der Waals surface area contributed by atoms with Crippen LogP contribution < -0.4 is 5.32 Å². The molecule has 0 aliphatic carbocycles. The normalized spacial score (nSPS) is 15.8. The molecule has 6 heteroatoms. The van der Waals surface area contributed by atoms with E-state index in [0.29, 0.717) is 11.3 Å². The third kappa shape index (κ3) is 3.36. The Bertz CT molecular complexity index is 555. The summed E-state index contributed by atoms with van der Waals surface area (Å²) < 4.78 is 18.9. The number of piperazine rings is 1. The van der Waals surface area contributed by atoms with Crippen molar-refractivity contribution in [3.63, 3.8) is 0 Å². The number of nitrogens with one attached hydrogen (secondary N) is 1. The minimum absolute atomic E-state index is 0. The molecule has 4 nitrogen and oxygen atoms in total. The Hall–Kier alpha value is -1.43. The van der Waals surface area contributed by atoms with Gasteiger partial charge in [-0.15, -0.1) is 12.4 Å². The van der Waals surface area contributed by atoms with Gasteiger partial charge in [0.2, 0.25) is 0 Å². The molecule has 0 saturated carbocycles. The van der Waals surface area contributed by atoms with Crippen molar-refractivity contribution in [1.82, 2.24) is 15.4 Å². The molecule has 108 valence electrons. The minimum atomic E-state index is -0.274. The van der Waals surface area contributed by atoms with Crippen molar-refractivity contribution in [3.8, 4) is 11.3 Å². The first kappa shape index (κ1) is 15.0. The zero-order valence-electron chi connectivity index (χ0n) is 11.0. The van der Waals surface area contributed by atoms with Gasteiger partial charge >= 0.3 is 0 Å². The average Bonchev–Trinajstić information content (AvgIpc) is 2.89. The van der Waals surface area contributed by atoms with Gasteiger partial charge in [0.25, 0.3) is 0 Å². The second-order valence-electron chi connectivity index (χ2n) is 4.68. The monoisotopic (exact) mass is 297 g/mol. The fourth-order valence-electron chi connectivity index (χ4n) is 2.27. The third-order valence-electron chi connectivity index (χ3n) is 3.30. The molecule has 1 fully saturated rings. The molecule has 1 aromatic carbocycles. The Morgan fingerprint density at radius 3 is 2.75 bits per heavy atom. The number of aromatic nitrogens is 1. The van der Waals surface area contributed by atoms with Crippen LogP contribution in [0, 0.1) is 5.82 Å². The summed E-state index contributed by atoms with van der Waals surface area (Å²) in [6, 6.07) is 8.42. The highest BCUT2D eigenvalue weighted by Gasteiger charge is 2.14. The summed E-state index contributed by atoms with van der Waals surface area (Å²) >= 11 is 0. The third-order valence-corrected chi connectivity index (χ3v) is 3.30. The zero-order valence-corrected chi connectivity index (χ0v) is 11.8. The van der Waals surface area contributed by atoms with Crippen LogP contribution in [-0.2, 0) is 6.54 Å². The van der Waals surface area contributed by atoms with Gasteiger partial charge in [-0.25, -0.2) is 4.39 Å². The Labute approximate surface area is 123 Å². The maximum Gasteiger partial charge on any atom is 0.151 e. The highest BCUT2D eigenvalue weighted by molar-refractivity contribution is 5.85. The van der Waals surface area contributed by atoms with E-state index in [0.717, 1.165) is 38.5 Å². The van der Waals surface area contributed by atoms with E-state index >= 15 is 0 Å². The van der Waals surface area contributed by atoms with E-state index in [1.54, 1.807) is 18.2 Å². The van der Waals surface area contributed by atoms with Crippen LogP contribution in [0.3, 0.4) is 0 Å². The maximum absolute atomic E-state index is 13.6. The highest BCUT2D eigenvalue weighted by atomic mass is 35.5. The summed E-state index contributed by atoms with van der Waals surface area (Å²) in [6.45, 7) is 4.71. The number of nitrogens with zero attached hydrogens (tertiary/aromatic N) is 2. The van der Waals surface area contributed by atoms with Gasteiger partial charge < -0.3 is 9.84 Å². The first-order chi connectivity index (χ1) is 9.33. The number of halogens is 2. The van der Waals surface area contributed by atoms with Crippen LogP contribution >= 0.6 is 12.4 Å². The lowest BCUT2D eigenvalue weighted by Crippen LogP contribution is -2.42. The standard InChI is InChI=1S/C14H16FN3O.ClH/c15-13-4-2-1-3-12(13)14-9-11(19-17-14)10-18-7-5-16-6-8-18;/h1-4,9,16H,5-8,10H2;1H. The second kappa shape index (κ2) is 6.83. The van der Waals surface area contributed by atoms with Crippen molar-refractivity contribution >= 4 is 12.4 Å². The van der Waals surface area contributed by atoms with Crippen LogP contribution in [0.25, 0.3) is 11.3 Å². The lowest BCUT2D eigenvalue weighted by Gasteiger charge is -2.25. The molecule has 0 spiro atoms. The fraction of sp³-hybridized carbons (Fsp3) is 0.357. The van der Waals surface area contributed by atoms with Crippen LogP contribution in [-0.4, -0.2) is 36.2 Å². The minimum Gasteiger partial charge on any atom is -0.359 e. The van der Waals surface area contributed by atoms with Gasteiger partial charge in [0, 0.05) is 37.8 Å². The summed E-state index contributed by atoms with van der Waals surface area (Å²) in [5.41, 5.74) is 1.04. The molecule has 1 aromatic heterocycles. The fourth-order valence-corrected chi connectivity index (χ4v) is 2.27. The topological polar surface area (TPSA) is 41.3 Å². The van der Waals surface area contributed by atoms with Crippen LogP contribution in [0.2, 0.25) is 0 Å². The van der Waals surface area contributed by atoms with Gasteiger partial charge in [-0.2, -0.15) is 0 Å². The first-order valence-electron chi connectivity index (χ1n) is 6.46. The van der Waals surface area contributed by atoms with Gasteiger partial charge in [0.15, 0.2) is 5.76 Å². The SMILES string of the molecule is Cl.Fc1ccccc1-c1cc(CN2CCNCC2)on1. The largest absolute Gasteiger partial charge is 0.359 e. The molecule has 0 amide bonds. The number of hydrogen-bond acceptors (Lipinski definition) is 4. The van der Waals surface area contributed by atoms with E-state index < -0.39 is 0 Å². The molecule has 1 saturated heterocycles. The second-order valence-corrected chi connectivity index (χ2v) is 4.68. The summed E-state index contributed by atoms with van der Waals surface area (Å²) in [6.07, 6.45) is 0. The summed E-state index contributed by atoms with van der Waals surface area (Å²) in [5.74, 6) is 0.504. The van der Waals surface area contributed by atoms with Gasteiger partial charge in [-0.3, -0.25) is 4.90 Å². The Kier molecular flexibility index (Phi) is 5.11. The predicted molar refractivity (Wildman–Crippen MR) is 77.3 cm³/mol. The Morgan fingerprint density at radius 1 is 1.25 bits per heavy atom. The van der Waals surface area contributed by atoms with Crippen molar-refractivity contribution in [1.29, 1.82) is 0 Å². The first-order valence-corrected chi connectivity index (χ1v) is 6.46. The molecule has 0 bridgehead atoms. The van der Waals surface area contributed by atoms with Gasteiger partial charge in [-0.1, -0.05) is 17.3 Å². The van der Waals surface area contributed by atoms with Crippen LogP contribution in [0.1, 0.15) is 5.76 Å². The summed E-state index contributed by atoms with van der Waals surface area (Å²) in [7, 11) is 0. The molecule has 1 aliphatic rings. The summed E-state index contributed by atoms with van der Waals surface area (Å²) in [5, 5.41) is 7.26. The predicted octanol–water partition coefficient (Wildman–Crippen LogP) is 2.31. The molecule has 2 heterocycles. The number of rotatable bonds is 3. The zero-order chi connectivity index (χ0) is 13.1. The molecule has 1 N–H and O–H groups in total. The van der Waals surface area contributed by atoms with Gasteiger partial charge in [0.05, 0.1) is 6.54 Å². The Morgan fingerprint density at radius 2 is 2.00 bits per heavy atom. The molecule has 20 heavy (non-hydrogen) atoms. The molecule has 3 rings (SSSR count). The van der Waals surface area contributed by atoms with Crippen molar-refractivity contribution in [3.05, 3.63) is 41.9 Å². The van der Waals surface area contributed by atoms with Crippen molar-refractivity contribution in [2.75, 3.05) is 26.2 Å². The molecule has 0 atom stereocenters. The van der Waals surface area contributed by atoms with Gasteiger partial charge in [0.1, 0.15) is 11.5 Å². The Balaban J connectivity index is 0.00000147. The van der Waals surface area contributed by atoms with Crippen LogP contribution in [0.5, 0.6) is 0 Å². The van der Waals surface area contributed by atoms with Crippen molar-refractivity contribution < 1.29 is 8.91 Å². The van der Waals surface area contributed by atoms with Crippen molar-refractivity contribution in [2.45, 2.75) is 6.54 Å². The van der Waals surface area contributed by atoms with E-state index in [2.05, 4.69) is 15.4 Å². The molecule has 2 aromatic rings. The van der Waals surface area contributed by atoms with E-state index in [1.165, 1.54) is 6.07 Å².